The zero-order valence-electron chi connectivity index (χ0n) is 19.5. The molecule has 1 saturated heterocycles. The lowest BCUT2D eigenvalue weighted by Crippen LogP contribution is -2.49. The Labute approximate surface area is 202 Å². The van der Waals surface area contributed by atoms with Crippen molar-refractivity contribution in [3.63, 3.8) is 0 Å². The van der Waals surface area contributed by atoms with Gasteiger partial charge in [-0.3, -0.25) is 9.69 Å². The number of halogens is 3. The van der Waals surface area contributed by atoms with Crippen molar-refractivity contribution in [2.75, 3.05) is 23.3 Å². The Balaban J connectivity index is 1.48. The summed E-state index contributed by atoms with van der Waals surface area (Å²) in [5.74, 6) is -0.658. The van der Waals surface area contributed by atoms with E-state index in [1.165, 1.54) is 23.3 Å². The van der Waals surface area contributed by atoms with Crippen LogP contribution in [0.25, 0.3) is 0 Å². The SMILES string of the molecule is Cc1ccc(CN2CCCN(c3cccc(NC(=O)c4cccc(C(F)(F)F)c4)c3)C2=O)cc1C. The molecule has 8 heteroatoms. The molecule has 1 aliphatic heterocycles. The highest BCUT2D eigenvalue weighted by Gasteiger charge is 2.31. The highest BCUT2D eigenvalue weighted by Crippen LogP contribution is 2.30. The molecule has 0 bridgehead atoms. The summed E-state index contributed by atoms with van der Waals surface area (Å²) in [6.07, 6.45) is -3.74. The average Bonchev–Trinajstić information content (AvgIpc) is 2.82. The smallest absolute Gasteiger partial charge is 0.322 e. The van der Waals surface area contributed by atoms with Gasteiger partial charge in [0, 0.05) is 36.6 Å². The molecule has 0 spiro atoms. The maximum atomic E-state index is 13.2. The Morgan fingerprint density at radius 2 is 1.71 bits per heavy atom. The van der Waals surface area contributed by atoms with E-state index in [1.54, 1.807) is 34.1 Å². The third-order valence-corrected chi connectivity index (χ3v) is 6.12. The van der Waals surface area contributed by atoms with Crippen LogP contribution in [0.3, 0.4) is 0 Å². The number of carbonyl (C=O) groups is 2. The maximum absolute atomic E-state index is 13.2. The molecule has 35 heavy (non-hydrogen) atoms. The Kier molecular flexibility index (Phi) is 6.82. The van der Waals surface area contributed by atoms with Crippen molar-refractivity contribution in [3.05, 3.63) is 94.5 Å². The fraction of sp³-hybridized carbons (Fsp3) is 0.259. The first-order valence-corrected chi connectivity index (χ1v) is 11.3. The summed E-state index contributed by atoms with van der Waals surface area (Å²) in [7, 11) is 0. The molecular formula is C27H26F3N3O2. The van der Waals surface area contributed by atoms with Gasteiger partial charge in [0.05, 0.1) is 5.56 Å². The molecular weight excluding hydrogens is 455 g/mol. The molecule has 182 valence electrons. The van der Waals surface area contributed by atoms with Gasteiger partial charge in [-0.2, -0.15) is 13.2 Å². The van der Waals surface area contributed by atoms with Crippen LogP contribution in [0.1, 0.15) is 39.0 Å². The second-order valence-electron chi connectivity index (χ2n) is 8.71. The third kappa shape index (κ3) is 5.65. The van der Waals surface area contributed by atoms with Crippen molar-refractivity contribution < 1.29 is 22.8 Å². The molecule has 0 saturated carbocycles. The van der Waals surface area contributed by atoms with E-state index in [0.717, 1.165) is 24.1 Å². The van der Waals surface area contributed by atoms with Crippen molar-refractivity contribution in [1.82, 2.24) is 4.90 Å². The summed E-state index contributed by atoms with van der Waals surface area (Å²) in [5, 5.41) is 2.64. The second kappa shape index (κ2) is 9.82. The van der Waals surface area contributed by atoms with Gasteiger partial charge in [0.25, 0.3) is 5.91 Å². The van der Waals surface area contributed by atoms with Gasteiger partial charge in [0.1, 0.15) is 0 Å². The number of urea groups is 1. The highest BCUT2D eigenvalue weighted by atomic mass is 19.4. The van der Waals surface area contributed by atoms with Gasteiger partial charge in [-0.05, 0) is 73.4 Å². The summed E-state index contributed by atoms with van der Waals surface area (Å²) >= 11 is 0. The lowest BCUT2D eigenvalue weighted by molar-refractivity contribution is -0.137. The Bertz CT molecular complexity index is 1260. The lowest BCUT2D eigenvalue weighted by Gasteiger charge is -2.36. The first-order chi connectivity index (χ1) is 16.6. The molecule has 3 aromatic rings. The number of nitrogens with one attached hydrogen (secondary N) is 1. The Morgan fingerprint density at radius 3 is 2.46 bits per heavy atom. The summed E-state index contributed by atoms with van der Waals surface area (Å²) in [4.78, 5) is 29.3. The van der Waals surface area contributed by atoms with Gasteiger partial charge < -0.3 is 10.2 Å². The normalized spacial score (nSPS) is 14.3. The van der Waals surface area contributed by atoms with Crippen molar-refractivity contribution >= 4 is 23.3 Å². The van der Waals surface area contributed by atoms with Crippen LogP contribution < -0.4 is 10.2 Å². The fourth-order valence-corrected chi connectivity index (χ4v) is 4.08. The number of hydrogen-bond acceptors (Lipinski definition) is 2. The number of benzene rings is 3. The van der Waals surface area contributed by atoms with E-state index in [4.69, 9.17) is 0 Å². The summed E-state index contributed by atoms with van der Waals surface area (Å²) in [5.41, 5.74) is 3.45. The zero-order valence-corrected chi connectivity index (χ0v) is 19.5. The van der Waals surface area contributed by atoms with Gasteiger partial charge in [-0.15, -0.1) is 0 Å². The molecule has 1 N–H and O–H groups in total. The molecule has 3 amide bonds. The number of hydrogen-bond donors (Lipinski definition) is 1. The van der Waals surface area contributed by atoms with Gasteiger partial charge in [0.15, 0.2) is 0 Å². The third-order valence-electron chi connectivity index (χ3n) is 6.12. The van der Waals surface area contributed by atoms with Gasteiger partial charge in [0.2, 0.25) is 0 Å². The van der Waals surface area contributed by atoms with Crippen LogP contribution in [-0.2, 0) is 12.7 Å². The number of alkyl halides is 3. The van der Waals surface area contributed by atoms with Gasteiger partial charge >= 0.3 is 12.2 Å². The van der Waals surface area contributed by atoms with E-state index in [9.17, 15) is 22.8 Å². The number of rotatable bonds is 5. The van der Waals surface area contributed by atoms with E-state index in [2.05, 4.69) is 11.4 Å². The van der Waals surface area contributed by atoms with Crippen molar-refractivity contribution in [2.45, 2.75) is 33.0 Å². The summed E-state index contributed by atoms with van der Waals surface area (Å²) in [6.45, 7) is 5.78. The van der Waals surface area contributed by atoms with Gasteiger partial charge in [-0.25, -0.2) is 4.79 Å². The molecule has 1 heterocycles. The second-order valence-corrected chi connectivity index (χ2v) is 8.71. The molecule has 4 rings (SSSR count). The molecule has 3 aromatic carbocycles. The molecule has 0 radical (unpaired) electrons. The minimum atomic E-state index is -4.53. The van der Waals surface area contributed by atoms with Crippen LogP contribution in [0.2, 0.25) is 0 Å². The molecule has 0 unspecified atom stereocenters. The fourth-order valence-electron chi connectivity index (χ4n) is 4.08. The number of carbonyl (C=O) groups excluding carboxylic acids is 2. The first kappa shape index (κ1) is 24.3. The van der Waals surface area contributed by atoms with Crippen LogP contribution in [0, 0.1) is 13.8 Å². The number of anilines is 2. The van der Waals surface area contributed by atoms with Crippen LogP contribution in [0.15, 0.2) is 66.7 Å². The van der Waals surface area contributed by atoms with Crippen molar-refractivity contribution in [1.29, 1.82) is 0 Å². The largest absolute Gasteiger partial charge is 0.416 e. The van der Waals surface area contributed by atoms with E-state index in [0.29, 0.717) is 31.0 Å². The Morgan fingerprint density at radius 1 is 0.943 bits per heavy atom. The molecule has 5 nitrogen and oxygen atoms in total. The molecule has 1 fully saturated rings. The number of aryl methyl sites for hydroxylation is 2. The lowest BCUT2D eigenvalue weighted by atomic mass is 10.1. The zero-order chi connectivity index (χ0) is 25.2. The average molecular weight is 482 g/mol. The molecule has 1 aliphatic rings. The standard InChI is InChI=1S/C27H26F3N3O2/c1-18-10-11-20(14-19(18)2)17-32-12-5-13-33(26(32)35)24-9-4-8-23(16-24)31-25(34)21-6-3-7-22(15-21)27(28,29)30/h3-4,6-11,14-16H,5,12-13,17H2,1-2H3,(H,31,34). The van der Waals surface area contributed by atoms with E-state index < -0.39 is 17.6 Å². The molecule has 0 aromatic heterocycles. The summed E-state index contributed by atoms with van der Waals surface area (Å²) in [6, 6.07) is 17.1. The van der Waals surface area contributed by atoms with E-state index in [-0.39, 0.29) is 11.6 Å². The molecule has 0 aliphatic carbocycles. The van der Waals surface area contributed by atoms with Crippen LogP contribution >= 0.6 is 0 Å². The minimum Gasteiger partial charge on any atom is -0.322 e. The van der Waals surface area contributed by atoms with Crippen molar-refractivity contribution in [3.8, 4) is 0 Å². The molecule has 0 atom stereocenters. The van der Waals surface area contributed by atoms with Gasteiger partial charge in [-0.1, -0.05) is 30.3 Å². The number of nitrogens with zero attached hydrogens (tertiary/aromatic N) is 2. The van der Waals surface area contributed by atoms with Crippen molar-refractivity contribution in [2.24, 2.45) is 0 Å². The topological polar surface area (TPSA) is 52.6 Å². The first-order valence-electron chi connectivity index (χ1n) is 11.3. The predicted molar refractivity (Wildman–Crippen MR) is 130 cm³/mol. The van der Waals surface area contributed by atoms with Crippen LogP contribution in [0.4, 0.5) is 29.3 Å². The monoisotopic (exact) mass is 481 g/mol. The van der Waals surface area contributed by atoms with Crippen LogP contribution in [-0.4, -0.2) is 29.9 Å². The highest BCUT2D eigenvalue weighted by molar-refractivity contribution is 6.05. The van der Waals surface area contributed by atoms with E-state index in [1.807, 2.05) is 26.0 Å². The van der Waals surface area contributed by atoms with Crippen LogP contribution in [0.5, 0.6) is 0 Å². The number of amides is 3. The quantitative estimate of drug-likeness (QED) is 0.458. The minimum absolute atomic E-state index is 0.0983. The Hall–Kier alpha value is -3.81. The maximum Gasteiger partial charge on any atom is 0.416 e. The van der Waals surface area contributed by atoms with E-state index >= 15 is 0 Å². The summed E-state index contributed by atoms with van der Waals surface area (Å²) < 4.78 is 39.0. The predicted octanol–water partition coefficient (Wildman–Crippen LogP) is 6.41.